The Kier molecular flexibility index (Phi) is 5.71. The summed E-state index contributed by atoms with van der Waals surface area (Å²) in [7, 11) is 0. The minimum absolute atomic E-state index is 0.0965. The standard InChI is InChI=1S/C19H20F3N3O3/c20-19(21,22)18(28)25-9-6-12(7-10-25)16(26)23-8-5-14-11-13-3-1-2-4-15(13)24-17(14)27/h1-4,11-12H,5-10H2,(H,23,26)(H,24,27). The van der Waals surface area contributed by atoms with Gasteiger partial charge in [0.25, 0.3) is 5.56 Å². The summed E-state index contributed by atoms with van der Waals surface area (Å²) in [5, 5.41) is 3.63. The van der Waals surface area contributed by atoms with Crippen molar-refractivity contribution in [3.63, 3.8) is 0 Å². The summed E-state index contributed by atoms with van der Waals surface area (Å²) in [6.07, 6.45) is -4.17. The molecule has 0 radical (unpaired) electrons. The summed E-state index contributed by atoms with van der Waals surface area (Å²) in [5.41, 5.74) is 1.07. The van der Waals surface area contributed by atoms with E-state index in [4.69, 9.17) is 0 Å². The molecule has 1 aliphatic rings. The number of nitrogens with zero attached hydrogens (tertiary/aromatic N) is 1. The van der Waals surface area contributed by atoms with Crippen molar-refractivity contribution >= 4 is 22.7 Å². The Labute approximate surface area is 158 Å². The van der Waals surface area contributed by atoms with Gasteiger partial charge in [0.15, 0.2) is 0 Å². The van der Waals surface area contributed by atoms with Crippen molar-refractivity contribution in [1.82, 2.24) is 15.2 Å². The number of alkyl halides is 3. The molecule has 0 spiro atoms. The zero-order valence-corrected chi connectivity index (χ0v) is 15.0. The van der Waals surface area contributed by atoms with E-state index >= 15 is 0 Å². The van der Waals surface area contributed by atoms with Crippen molar-refractivity contribution in [1.29, 1.82) is 0 Å². The van der Waals surface area contributed by atoms with E-state index in [0.29, 0.717) is 12.0 Å². The molecule has 2 heterocycles. The van der Waals surface area contributed by atoms with Gasteiger partial charge in [-0.1, -0.05) is 18.2 Å². The molecule has 0 saturated carbocycles. The second-order valence-electron chi connectivity index (χ2n) is 6.82. The number of piperidine rings is 1. The van der Waals surface area contributed by atoms with Crippen molar-refractivity contribution in [2.24, 2.45) is 5.92 Å². The maximum absolute atomic E-state index is 12.4. The highest BCUT2D eigenvalue weighted by Gasteiger charge is 2.43. The number of hydrogen-bond donors (Lipinski definition) is 2. The number of hydrogen-bond acceptors (Lipinski definition) is 3. The van der Waals surface area contributed by atoms with E-state index in [0.717, 1.165) is 15.8 Å². The van der Waals surface area contributed by atoms with Gasteiger partial charge in [-0.3, -0.25) is 14.4 Å². The maximum atomic E-state index is 12.4. The average molecular weight is 395 g/mol. The van der Waals surface area contributed by atoms with Gasteiger partial charge in [-0.2, -0.15) is 13.2 Å². The maximum Gasteiger partial charge on any atom is 0.471 e. The molecule has 0 unspecified atom stereocenters. The topological polar surface area (TPSA) is 82.3 Å². The minimum atomic E-state index is -4.89. The Morgan fingerprint density at radius 2 is 1.86 bits per heavy atom. The number of aromatic amines is 1. The van der Waals surface area contributed by atoms with Crippen LogP contribution < -0.4 is 10.9 Å². The van der Waals surface area contributed by atoms with Gasteiger partial charge in [-0.25, -0.2) is 0 Å². The van der Waals surface area contributed by atoms with Gasteiger partial charge in [0.05, 0.1) is 0 Å². The highest BCUT2D eigenvalue weighted by molar-refractivity contribution is 5.83. The predicted molar refractivity (Wildman–Crippen MR) is 96.6 cm³/mol. The SMILES string of the molecule is O=C(NCCc1cc2ccccc2[nH]c1=O)C1CCN(C(=O)C(F)(F)F)CC1. The van der Waals surface area contributed by atoms with E-state index in [1.54, 1.807) is 12.1 Å². The number of para-hydroxylation sites is 1. The predicted octanol–water partition coefficient (Wildman–Crippen LogP) is 1.99. The summed E-state index contributed by atoms with van der Waals surface area (Å²) >= 11 is 0. The fraction of sp³-hybridized carbons (Fsp3) is 0.421. The number of amides is 2. The number of H-pyrrole nitrogens is 1. The molecule has 6 nitrogen and oxygen atoms in total. The molecule has 1 fully saturated rings. The van der Waals surface area contributed by atoms with E-state index in [1.807, 2.05) is 18.2 Å². The second kappa shape index (κ2) is 8.04. The number of aromatic nitrogens is 1. The summed E-state index contributed by atoms with van der Waals surface area (Å²) in [4.78, 5) is 39.1. The third-order valence-corrected chi connectivity index (χ3v) is 4.92. The first kappa shape index (κ1) is 19.9. The summed E-state index contributed by atoms with van der Waals surface area (Å²) in [6, 6.07) is 9.15. The zero-order chi connectivity index (χ0) is 20.3. The van der Waals surface area contributed by atoms with Gasteiger partial charge >= 0.3 is 12.1 Å². The van der Waals surface area contributed by atoms with Gasteiger partial charge in [0, 0.05) is 36.6 Å². The molecule has 0 bridgehead atoms. The molecule has 3 rings (SSSR count). The van der Waals surface area contributed by atoms with E-state index in [1.165, 1.54) is 0 Å². The number of benzene rings is 1. The Bertz CT molecular complexity index is 931. The molecule has 2 amide bonds. The fourth-order valence-electron chi connectivity index (χ4n) is 3.37. The highest BCUT2D eigenvalue weighted by Crippen LogP contribution is 2.24. The number of rotatable bonds is 4. The summed E-state index contributed by atoms with van der Waals surface area (Å²) < 4.78 is 37.3. The Morgan fingerprint density at radius 1 is 1.18 bits per heavy atom. The Hall–Kier alpha value is -2.84. The van der Waals surface area contributed by atoms with E-state index in [-0.39, 0.29) is 43.9 Å². The lowest BCUT2D eigenvalue weighted by Gasteiger charge is -2.31. The van der Waals surface area contributed by atoms with Crippen molar-refractivity contribution < 1.29 is 22.8 Å². The molecule has 2 aromatic rings. The van der Waals surface area contributed by atoms with Crippen LogP contribution in [0.5, 0.6) is 0 Å². The van der Waals surface area contributed by atoms with Gasteiger partial charge in [-0.05, 0) is 36.8 Å². The van der Waals surface area contributed by atoms with Crippen LogP contribution in [0.3, 0.4) is 0 Å². The molecule has 9 heteroatoms. The number of carbonyl (C=O) groups excluding carboxylic acids is 2. The molecular weight excluding hydrogens is 375 g/mol. The molecular formula is C19H20F3N3O3. The molecule has 1 aliphatic heterocycles. The third kappa shape index (κ3) is 4.52. The van der Waals surface area contributed by atoms with Crippen molar-refractivity contribution in [3.8, 4) is 0 Å². The lowest BCUT2D eigenvalue weighted by Crippen LogP contribution is -2.47. The first-order valence-corrected chi connectivity index (χ1v) is 9.00. The molecule has 1 aromatic carbocycles. The first-order valence-electron chi connectivity index (χ1n) is 9.00. The monoisotopic (exact) mass is 395 g/mol. The average Bonchev–Trinajstić information content (AvgIpc) is 2.67. The van der Waals surface area contributed by atoms with Crippen molar-refractivity contribution in [2.45, 2.75) is 25.4 Å². The minimum Gasteiger partial charge on any atom is -0.356 e. The number of pyridine rings is 1. The van der Waals surface area contributed by atoms with E-state index in [2.05, 4.69) is 10.3 Å². The van der Waals surface area contributed by atoms with Crippen LogP contribution in [-0.4, -0.2) is 47.5 Å². The molecule has 0 atom stereocenters. The highest BCUT2D eigenvalue weighted by atomic mass is 19.4. The number of fused-ring (bicyclic) bond motifs is 1. The van der Waals surface area contributed by atoms with Crippen LogP contribution in [-0.2, 0) is 16.0 Å². The molecule has 1 saturated heterocycles. The lowest BCUT2D eigenvalue weighted by molar-refractivity contribution is -0.186. The molecule has 2 N–H and O–H groups in total. The van der Waals surface area contributed by atoms with Crippen LogP contribution in [0, 0.1) is 5.92 Å². The lowest BCUT2D eigenvalue weighted by atomic mass is 9.95. The van der Waals surface area contributed by atoms with Crippen LogP contribution in [0.4, 0.5) is 13.2 Å². The van der Waals surface area contributed by atoms with Crippen molar-refractivity contribution in [3.05, 3.63) is 46.2 Å². The molecule has 1 aromatic heterocycles. The fourth-order valence-corrected chi connectivity index (χ4v) is 3.37. The van der Waals surface area contributed by atoms with E-state index < -0.39 is 18.0 Å². The van der Waals surface area contributed by atoms with Crippen LogP contribution in [0.1, 0.15) is 18.4 Å². The summed E-state index contributed by atoms with van der Waals surface area (Å²) in [5.74, 6) is -2.56. The number of nitrogens with one attached hydrogen (secondary N) is 2. The third-order valence-electron chi connectivity index (χ3n) is 4.92. The second-order valence-corrected chi connectivity index (χ2v) is 6.82. The van der Waals surface area contributed by atoms with Crippen LogP contribution in [0.2, 0.25) is 0 Å². The van der Waals surface area contributed by atoms with Crippen LogP contribution in [0.25, 0.3) is 10.9 Å². The molecule has 150 valence electrons. The van der Waals surface area contributed by atoms with Gasteiger partial charge in [0.1, 0.15) is 0 Å². The van der Waals surface area contributed by atoms with Crippen LogP contribution in [0.15, 0.2) is 35.1 Å². The zero-order valence-electron chi connectivity index (χ0n) is 15.0. The quantitative estimate of drug-likeness (QED) is 0.831. The van der Waals surface area contributed by atoms with E-state index in [9.17, 15) is 27.6 Å². The molecule has 0 aliphatic carbocycles. The normalized spacial score (nSPS) is 15.6. The largest absolute Gasteiger partial charge is 0.471 e. The number of likely N-dealkylation sites (tertiary alicyclic amines) is 1. The van der Waals surface area contributed by atoms with Gasteiger partial charge < -0.3 is 15.2 Å². The first-order chi connectivity index (χ1) is 13.3. The Balaban J connectivity index is 1.50. The number of carbonyl (C=O) groups is 2. The summed E-state index contributed by atoms with van der Waals surface area (Å²) in [6.45, 7) is 0.0590. The van der Waals surface area contributed by atoms with Crippen LogP contribution >= 0.6 is 0 Å². The van der Waals surface area contributed by atoms with Crippen molar-refractivity contribution in [2.75, 3.05) is 19.6 Å². The smallest absolute Gasteiger partial charge is 0.356 e. The van der Waals surface area contributed by atoms with Gasteiger partial charge in [-0.15, -0.1) is 0 Å². The number of halogens is 3. The Morgan fingerprint density at radius 3 is 2.54 bits per heavy atom. The van der Waals surface area contributed by atoms with Gasteiger partial charge in [0.2, 0.25) is 5.91 Å². The molecule has 28 heavy (non-hydrogen) atoms.